The molecule has 0 bridgehead atoms. The molecule has 0 aliphatic heterocycles. The van der Waals surface area contributed by atoms with Crippen LogP contribution in [-0.4, -0.2) is 17.6 Å². The van der Waals surface area contributed by atoms with Crippen LogP contribution in [0.15, 0.2) is 18.2 Å². The molecule has 0 atom stereocenters. The summed E-state index contributed by atoms with van der Waals surface area (Å²) in [5.41, 5.74) is 8.69. The van der Waals surface area contributed by atoms with Gasteiger partial charge in [0, 0.05) is 5.69 Å². The van der Waals surface area contributed by atoms with E-state index in [1.54, 1.807) is 20.8 Å². The van der Waals surface area contributed by atoms with E-state index in [0.717, 1.165) is 6.07 Å². The molecule has 0 unspecified atom stereocenters. The van der Waals surface area contributed by atoms with Gasteiger partial charge in [-0.05, 0) is 39.0 Å². The number of nitrogen functional groups attached to an aromatic ring is 1. The molecule has 0 spiro atoms. The number of hydrogen-bond donors (Lipinski definition) is 3. The summed E-state index contributed by atoms with van der Waals surface area (Å²) >= 11 is 0. The molecule has 0 fully saturated rings. The van der Waals surface area contributed by atoms with Crippen LogP contribution in [0.25, 0.3) is 0 Å². The minimum atomic E-state index is -0.836. The third-order valence-corrected chi connectivity index (χ3v) is 1.91. The zero-order valence-electron chi connectivity index (χ0n) is 10.9. The van der Waals surface area contributed by atoms with Crippen molar-refractivity contribution in [2.24, 2.45) is 0 Å². The fourth-order valence-electron chi connectivity index (χ4n) is 1.19. The Labute approximate surface area is 110 Å². The van der Waals surface area contributed by atoms with E-state index in [4.69, 9.17) is 10.5 Å². The molecule has 0 radical (unpaired) electrons. The Morgan fingerprint density at radius 1 is 1.26 bits per heavy atom. The quantitative estimate of drug-likeness (QED) is 0.533. The second-order valence-corrected chi connectivity index (χ2v) is 4.82. The first-order valence-corrected chi connectivity index (χ1v) is 5.53. The normalized spacial score (nSPS) is 10.7. The summed E-state index contributed by atoms with van der Waals surface area (Å²) in [6, 6.07) is 3.62. The van der Waals surface area contributed by atoms with Crippen molar-refractivity contribution in [3.8, 4) is 0 Å². The van der Waals surface area contributed by atoms with Gasteiger partial charge in [-0.15, -0.1) is 0 Å². The molecule has 1 aromatic rings. The van der Waals surface area contributed by atoms with Crippen molar-refractivity contribution in [1.82, 2.24) is 10.9 Å². The van der Waals surface area contributed by atoms with E-state index in [9.17, 15) is 14.0 Å². The molecule has 19 heavy (non-hydrogen) atoms. The zero-order valence-corrected chi connectivity index (χ0v) is 10.9. The molecule has 4 N–H and O–H groups in total. The van der Waals surface area contributed by atoms with E-state index in [-0.39, 0.29) is 11.3 Å². The van der Waals surface area contributed by atoms with Crippen LogP contribution in [-0.2, 0) is 4.74 Å². The first-order valence-electron chi connectivity index (χ1n) is 5.53. The Morgan fingerprint density at radius 3 is 2.42 bits per heavy atom. The monoisotopic (exact) mass is 269 g/mol. The summed E-state index contributed by atoms with van der Waals surface area (Å²) in [4.78, 5) is 22.9. The summed E-state index contributed by atoms with van der Waals surface area (Å²) in [7, 11) is 0. The number of anilines is 1. The van der Waals surface area contributed by atoms with E-state index < -0.39 is 23.4 Å². The Bertz CT molecular complexity index is 497. The van der Waals surface area contributed by atoms with Gasteiger partial charge in [-0.3, -0.25) is 10.2 Å². The van der Waals surface area contributed by atoms with Gasteiger partial charge >= 0.3 is 6.09 Å². The molecular formula is C12H16FN3O3. The van der Waals surface area contributed by atoms with E-state index in [0.29, 0.717) is 0 Å². The van der Waals surface area contributed by atoms with Gasteiger partial charge in [0.1, 0.15) is 11.4 Å². The molecule has 0 saturated heterocycles. The number of carbonyl (C=O) groups is 2. The highest BCUT2D eigenvalue weighted by atomic mass is 19.1. The minimum Gasteiger partial charge on any atom is -0.443 e. The van der Waals surface area contributed by atoms with Crippen molar-refractivity contribution >= 4 is 17.7 Å². The van der Waals surface area contributed by atoms with Crippen LogP contribution in [0, 0.1) is 5.82 Å². The van der Waals surface area contributed by atoms with Crippen molar-refractivity contribution in [2.45, 2.75) is 26.4 Å². The van der Waals surface area contributed by atoms with E-state index in [2.05, 4.69) is 0 Å². The topological polar surface area (TPSA) is 93.5 Å². The average Bonchev–Trinajstić information content (AvgIpc) is 2.23. The lowest BCUT2D eigenvalue weighted by Gasteiger charge is -2.19. The number of rotatable bonds is 1. The lowest BCUT2D eigenvalue weighted by atomic mass is 10.2. The Hall–Kier alpha value is -2.31. The molecule has 0 aliphatic carbocycles. The number of carbonyl (C=O) groups excluding carboxylic acids is 2. The fourth-order valence-corrected chi connectivity index (χ4v) is 1.19. The van der Waals surface area contributed by atoms with Crippen LogP contribution in [0.3, 0.4) is 0 Å². The second-order valence-electron chi connectivity index (χ2n) is 4.82. The molecular weight excluding hydrogens is 253 g/mol. The number of hydrazine groups is 1. The lowest BCUT2D eigenvalue weighted by molar-refractivity contribution is 0.0483. The van der Waals surface area contributed by atoms with Gasteiger partial charge in [-0.25, -0.2) is 14.6 Å². The maximum absolute atomic E-state index is 13.4. The standard InChI is InChI=1S/C12H16FN3O3/c1-12(2,3)19-11(18)16-15-10(17)8-5-4-7(14)6-9(8)13/h4-6H,14H2,1-3H3,(H,15,17)(H,16,18). The number of halogens is 1. The highest BCUT2D eigenvalue weighted by molar-refractivity contribution is 5.95. The number of nitrogens with one attached hydrogen (secondary N) is 2. The maximum Gasteiger partial charge on any atom is 0.426 e. The number of amides is 2. The summed E-state index contributed by atoms with van der Waals surface area (Å²) in [5.74, 6) is -1.58. The average molecular weight is 269 g/mol. The molecule has 0 aliphatic rings. The molecule has 1 rings (SSSR count). The van der Waals surface area contributed by atoms with Crippen molar-refractivity contribution in [1.29, 1.82) is 0 Å². The number of ether oxygens (including phenoxy) is 1. The largest absolute Gasteiger partial charge is 0.443 e. The molecule has 0 heterocycles. The van der Waals surface area contributed by atoms with Crippen molar-refractivity contribution in [2.75, 3.05) is 5.73 Å². The van der Waals surface area contributed by atoms with Gasteiger partial charge in [0.15, 0.2) is 0 Å². The fraction of sp³-hybridized carbons (Fsp3) is 0.333. The first kappa shape index (κ1) is 14.7. The molecule has 0 saturated carbocycles. The summed E-state index contributed by atoms with van der Waals surface area (Å²) in [5, 5.41) is 0. The number of nitrogens with two attached hydrogens (primary N) is 1. The maximum atomic E-state index is 13.4. The minimum absolute atomic E-state index is 0.203. The predicted molar refractivity (Wildman–Crippen MR) is 67.6 cm³/mol. The van der Waals surface area contributed by atoms with Gasteiger partial charge < -0.3 is 10.5 Å². The molecule has 104 valence electrons. The van der Waals surface area contributed by atoms with Crippen molar-refractivity contribution in [3.05, 3.63) is 29.6 Å². The molecule has 6 nitrogen and oxygen atoms in total. The highest BCUT2D eigenvalue weighted by Gasteiger charge is 2.17. The van der Waals surface area contributed by atoms with E-state index >= 15 is 0 Å². The van der Waals surface area contributed by atoms with Crippen molar-refractivity contribution in [3.63, 3.8) is 0 Å². The molecule has 7 heteroatoms. The zero-order chi connectivity index (χ0) is 14.6. The smallest absolute Gasteiger partial charge is 0.426 e. The van der Waals surface area contributed by atoms with Crippen LogP contribution in [0.1, 0.15) is 31.1 Å². The van der Waals surface area contributed by atoms with Crippen LogP contribution in [0.4, 0.5) is 14.9 Å². The highest BCUT2D eigenvalue weighted by Crippen LogP contribution is 2.11. The molecule has 1 aromatic carbocycles. The number of hydrogen-bond acceptors (Lipinski definition) is 4. The predicted octanol–water partition coefficient (Wildman–Crippen LogP) is 1.58. The van der Waals surface area contributed by atoms with Crippen LogP contribution in [0.5, 0.6) is 0 Å². The van der Waals surface area contributed by atoms with Gasteiger partial charge in [-0.1, -0.05) is 0 Å². The summed E-state index contributed by atoms with van der Waals surface area (Å²) < 4.78 is 18.3. The second kappa shape index (κ2) is 5.55. The van der Waals surface area contributed by atoms with E-state index in [1.165, 1.54) is 12.1 Å². The third-order valence-electron chi connectivity index (χ3n) is 1.91. The van der Waals surface area contributed by atoms with Gasteiger partial charge in [-0.2, -0.15) is 0 Å². The van der Waals surface area contributed by atoms with Crippen LogP contribution >= 0.6 is 0 Å². The summed E-state index contributed by atoms with van der Waals surface area (Å²) in [6.07, 6.45) is -0.836. The Morgan fingerprint density at radius 2 is 1.89 bits per heavy atom. The SMILES string of the molecule is CC(C)(C)OC(=O)NNC(=O)c1ccc(N)cc1F. The Balaban J connectivity index is 2.59. The van der Waals surface area contributed by atoms with Crippen LogP contribution in [0.2, 0.25) is 0 Å². The molecule has 0 aromatic heterocycles. The van der Waals surface area contributed by atoms with Gasteiger partial charge in [0.2, 0.25) is 0 Å². The number of benzene rings is 1. The van der Waals surface area contributed by atoms with E-state index in [1.807, 2.05) is 10.9 Å². The summed E-state index contributed by atoms with van der Waals surface area (Å²) in [6.45, 7) is 5.02. The van der Waals surface area contributed by atoms with Gasteiger partial charge in [0.25, 0.3) is 5.91 Å². The van der Waals surface area contributed by atoms with Crippen molar-refractivity contribution < 1.29 is 18.7 Å². The third kappa shape index (κ3) is 4.82. The molecule has 2 amide bonds. The Kier molecular flexibility index (Phi) is 4.31. The van der Waals surface area contributed by atoms with Gasteiger partial charge in [0.05, 0.1) is 5.56 Å². The first-order chi connectivity index (χ1) is 8.69. The van der Waals surface area contributed by atoms with Crippen LogP contribution < -0.4 is 16.6 Å². The lowest BCUT2D eigenvalue weighted by Crippen LogP contribution is -2.44.